The molecule has 0 saturated carbocycles. The van der Waals surface area contributed by atoms with E-state index >= 15 is 0 Å². The first-order valence-corrected chi connectivity index (χ1v) is 6.22. The van der Waals surface area contributed by atoms with Crippen molar-refractivity contribution < 1.29 is 22.8 Å². The van der Waals surface area contributed by atoms with Crippen LogP contribution in [-0.4, -0.2) is 16.1 Å². The molecule has 0 aliphatic rings. The summed E-state index contributed by atoms with van der Waals surface area (Å²) in [5.74, 6) is -5.79. The minimum absolute atomic E-state index is 0.0111. The molecule has 0 spiro atoms. The maximum atomic E-state index is 13.4. The molecule has 0 aliphatic heterocycles. The molecule has 0 fully saturated rings. The Morgan fingerprint density at radius 2 is 1.95 bits per heavy atom. The average Bonchev–Trinajstić information content (AvgIpc) is 2.94. The van der Waals surface area contributed by atoms with Gasteiger partial charge in [-0.2, -0.15) is 4.37 Å². The molecule has 0 atom stereocenters. The van der Waals surface area contributed by atoms with E-state index in [9.17, 15) is 22.8 Å². The first-order chi connectivity index (χ1) is 9.90. The van der Waals surface area contributed by atoms with E-state index in [1.807, 2.05) is 0 Å². The van der Waals surface area contributed by atoms with Gasteiger partial charge in [0.2, 0.25) is 0 Å². The van der Waals surface area contributed by atoms with Gasteiger partial charge in [0.25, 0.3) is 5.91 Å². The average molecular weight is 311 g/mol. The number of hydrogen-bond donors (Lipinski definition) is 1. The largest absolute Gasteiger partial charge is 0.364 e. The van der Waals surface area contributed by atoms with E-state index in [-0.39, 0.29) is 16.1 Å². The number of halogens is 3. The number of nitrogens with two attached hydrogens (primary N) is 1. The van der Waals surface area contributed by atoms with Crippen molar-refractivity contribution in [1.29, 1.82) is 0 Å². The SMILES string of the molecule is NC(=O)c1[c]c(C(=O)/C=C/c2ccc(F)c(F)c2F)sn1. The van der Waals surface area contributed by atoms with Crippen LogP contribution >= 0.6 is 11.5 Å². The van der Waals surface area contributed by atoms with Gasteiger partial charge < -0.3 is 5.73 Å². The lowest BCUT2D eigenvalue weighted by atomic mass is 10.1. The standard InChI is InChI=1S/C13H6F3N2O2S/c14-7-3-1-6(11(15)12(7)16)2-4-9(19)10-5-8(13(17)20)18-21-10/h1-4H,(H2,17,20)/b4-2+. The fourth-order valence-corrected chi connectivity index (χ4v) is 1.99. The number of ketones is 1. The first-order valence-electron chi connectivity index (χ1n) is 5.45. The highest BCUT2D eigenvalue weighted by Crippen LogP contribution is 2.17. The number of allylic oxidation sites excluding steroid dienone is 1. The predicted octanol–water partition coefficient (Wildman–Crippen LogP) is 2.36. The molecule has 1 aromatic carbocycles. The Labute approximate surface area is 120 Å². The maximum absolute atomic E-state index is 13.4. The van der Waals surface area contributed by atoms with Crippen LogP contribution in [0, 0.1) is 23.5 Å². The zero-order valence-electron chi connectivity index (χ0n) is 10.2. The second-order valence-electron chi connectivity index (χ2n) is 3.81. The number of benzene rings is 1. The Hall–Kier alpha value is -2.48. The Balaban J connectivity index is 2.22. The van der Waals surface area contributed by atoms with Crippen molar-refractivity contribution in [1.82, 2.24) is 4.37 Å². The van der Waals surface area contributed by atoms with Crippen molar-refractivity contribution in [2.45, 2.75) is 0 Å². The normalized spacial score (nSPS) is 11.0. The number of hydrogen-bond acceptors (Lipinski definition) is 4. The summed E-state index contributed by atoms with van der Waals surface area (Å²) >= 11 is 0.696. The molecule has 0 saturated heterocycles. The van der Waals surface area contributed by atoms with E-state index in [4.69, 9.17) is 5.73 Å². The molecule has 107 valence electrons. The summed E-state index contributed by atoms with van der Waals surface area (Å²) in [7, 11) is 0. The molecular weight excluding hydrogens is 305 g/mol. The lowest BCUT2D eigenvalue weighted by molar-refractivity contribution is 0.0996. The van der Waals surface area contributed by atoms with Gasteiger partial charge >= 0.3 is 0 Å². The van der Waals surface area contributed by atoms with Crippen LogP contribution in [0.15, 0.2) is 18.2 Å². The third-order valence-electron chi connectivity index (χ3n) is 2.40. The van der Waals surface area contributed by atoms with Gasteiger partial charge in [-0.25, -0.2) is 13.2 Å². The van der Waals surface area contributed by atoms with Crippen LogP contribution in [0.2, 0.25) is 0 Å². The Bertz CT molecular complexity index is 756. The highest BCUT2D eigenvalue weighted by molar-refractivity contribution is 7.08. The summed E-state index contributed by atoms with van der Waals surface area (Å²) in [5, 5.41) is 0. The van der Waals surface area contributed by atoms with Gasteiger partial charge in [-0.05, 0) is 35.8 Å². The Morgan fingerprint density at radius 3 is 2.57 bits per heavy atom. The van der Waals surface area contributed by atoms with Crippen LogP contribution in [0.4, 0.5) is 13.2 Å². The molecule has 21 heavy (non-hydrogen) atoms. The molecule has 0 bridgehead atoms. The smallest absolute Gasteiger partial charge is 0.269 e. The third-order valence-corrected chi connectivity index (χ3v) is 3.16. The van der Waals surface area contributed by atoms with Gasteiger partial charge in [0.15, 0.2) is 23.2 Å². The van der Waals surface area contributed by atoms with Crippen molar-refractivity contribution >= 4 is 29.3 Å². The highest BCUT2D eigenvalue weighted by atomic mass is 32.1. The first kappa shape index (κ1) is 14.9. The van der Waals surface area contributed by atoms with Crippen molar-refractivity contribution in [3.05, 3.63) is 57.9 Å². The second-order valence-corrected chi connectivity index (χ2v) is 4.59. The molecule has 1 aromatic heterocycles. The van der Waals surface area contributed by atoms with Crippen LogP contribution in [0.5, 0.6) is 0 Å². The molecule has 1 amide bonds. The summed E-state index contributed by atoms with van der Waals surface area (Å²) < 4.78 is 42.7. The summed E-state index contributed by atoms with van der Waals surface area (Å²) in [5.41, 5.74) is 4.49. The van der Waals surface area contributed by atoms with E-state index in [0.29, 0.717) is 11.5 Å². The fourth-order valence-electron chi connectivity index (χ4n) is 1.37. The summed E-state index contributed by atoms with van der Waals surface area (Å²) in [4.78, 5) is 22.5. The molecule has 1 radical (unpaired) electrons. The zero-order chi connectivity index (χ0) is 15.6. The molecule has 4 nitrogen and oxygen atoms in total. The van der Waals surface area contributed by atoms with Crippen molar-refractivity contribution in [2.24, 2.45) is 5.73 Å². The number of aromatic nitrogens is 1. The van der Waals surface area contributed by atoms with E-state index in [1.54, 1.807) is 0 Å². The minimum Gasteiger partial charge on any atom is -0.364 e. The lowest BCUT2D eigenvalue weighted by Gasteiger charge is -1.98. The highest BCUT2D eigenvalue weighted by Gasteiger charge is 2.14. The van der Waals surface area contributed by atoms with E-state index in [1.165, 1.54) is 0 Å². The number of rotatable bonds is 4. The van der Waals surface area contributed by atoms with Gasteiger partial charge in [0.05, 0.1) is 0 Å². The predicted molar refractivity (Wildman–Crippen MR) is 69.1 cm³/mol. The topological polar surface area (TPSA) is 73.1 Å². The van der Waals surface area contributed by atoms with E-state index < -0.39 is 29.1 Å². The number of carbonyl (C=O) groups excluding carboxylic acids is 2. The van der Waals surface area contributed by atoms with Crippen LogP contribution in [0.1, 0.15) is 25.7 Å². The lowest BCUT2D eigenvalue weighted by Crippen LogP contribution is -2.11. The summed E-state index contributed by atoms with van der Waals surface area (Å²) in [6, 6.07) is 4.12. The molecule has 0 unspecified atom stereocenters. The van der Waals surface area contributed by atoms with Gasteiger partial charge in [-0.1, -0.05) is 0 Å². The summed E-state index contributed by atoms with van der Waals surface area (Å²) in [6.45, 7) is 0. The van der Waals surface area contributed by atoms with Crippen LogP contribution in [0.25, 0.3) is 6.08 Å². The van der Waals surface area contributed by atoms with Crippen LogP contribution in [0.3, 0.4) is 0 Å². The fraction of sp³-hybridized carbons (Fsp3) is 0. The van der Waals surface area contributed by atoms with E-state index in [0.717, 1.165) is 24.3 Å². The van der Waals surface area contributed by atoms with E-state index in [2.05, 4.69) is 10.4 Å². The Morgan fingerprint density at radius 1 is 1.24 bits per heavy atom. The molecule has 1 heterocycles. The molecule has 2 aromatic rings. The third kappa shape index (κ3) is 3.16. The van der Waals surface area contributed by atoms with Crippen LogP contribution in [-0.2, 0) is 0 Å². The quantitative estimate of drug-likeness (QED) is 0.535. The number of primary amides is 1. The molecule has 2 N–H and O–H groups in total. The number of nitrogens with zero attached hydrogens (tertiary/aromatic N) is 1. The van der Waals surface area contributed by atoms with Gasteiger partial charge in [-0.15, -0.1) is 0 Å². The second kappa shape index (κ2) is 5.88. The monoisotopic (exact) mass is 311 g/mol. The van der Waals surface area contributed by atoms with Crippen LogP contribution < -0.4 is 5.73 Å². The molecule has 8 heteroatoms. The van der Waals surface area contributed by atoms with Gasteiger partial charge in [0.1, 0.15) is 10.6 Å². The maximum Gasteiger partial charge on any atom is 0.269 e. The number of amides is 1. The minimum atomic E-state index is -1.62. The molecule has 0 aliphatic carbocycles. The van der Waals surface area contributed by atoms with Gasteiger partial charge in [-0.3, -0.25) is 9.59 Å². The molecular formula is C13H6F3N2O2S. The molecule has 2 rings (SSSR count). The van der Waals surface area contributed by atoms with Gasteiger partial charge in [0, 0.05) is 11.6 Å². The summed E-state index contributed by atoms with van der Waals surface area (Å²) in [6.07, 6.45) is 1.92. The Kier molecular flexibility index (Phi) is 4.18. The van der Waals surface area contributed by atoms with Crippen molar-refractivity contribution in [2.75, 3.05) is 0 Å². The van der Waals surface area contributed by atoms with Crippen molar-refractivity contribution in [3.8, 4) is 0 Å². The zero-order valence-corrected chi connectivity index (χ0v) is 11.0. The number of carbonyl (C=O) groups is 2. The van der Waals surface area contributed by atoms with Crippen molar-refractivity contribution in [3.63, 3.8) is 0 Å².